The van der Waals surface area contributed by atoms with Gasteiger partial charge in [0.15, 0.2) is 5.96 Å². The number of nitrogens with zero attached hydrogens (tertiary/aromatic N) is 3. The summed E-state index contributed by atoms with van der Waals surface area (Å²) in [4.78, 5) is 20.9. The van der Waals surface area contributed by atoms with Crippen LogP contribution in [0.3, 0.4) is 0 Å². The molecule has 1 aromatic rings. The van der Waals surface area contributed by atoms with Crippen molar-refractivity contribution >= 4 is 41.5 Å². The van der Waals surface area contributed by atoms with E-state index < -0.39 is 0 Å². The third-order valence-electron chi connectivity index (χ3n) is 4.57. The topological polar surface area (TPSA) is 69.2 Å². The van der Waals surface area contributed by atoms with Crippen LogP contribution < -0.4 is 15.5 Å². The van der Waals surface area contributed by atoms with Crippen LogP contribution in [0.15, 0.2) is 35.3 Å². The number of ether oxygens (including phenoxy) is 1. The van der Waals surface area contributed by atoms with Gasteiger partial charge in [-0.15, -0.1) is 24.0 Å². The third kappa shape index (κ3) is 8.64. The van der Waals surface area contributed by atoms with Crippen LogP contribution in [0.2, 0.25) is 0 Å². The molecule has 28 heavy (non-hydrogen) atoms. The van der Waals surface area contributed by atoms with E-state index in [1.165, 1.54) is 5.69 Å². The van der Waals surface area contributed by atoms with Crippen LogP contribution in [-0.4, -0.2) is 76.3 Å². The number of anilines is 1. The van der Waals surface area contributed by atoms with E-state index in [0.29, 0.717) is 13.0 Å². The molecule has 1 heterocycles. The zero-order chi connectivity index (χ0) is 19.3. The standard InChI is InChI=1S/C20H33N5O2.HI/c1-3-27-17-7-11-22-20(21-2)23-12-10-19(26)25-15-13-24(14-16-25)18-8-5-4-6-9-18;/h4-6,8-9H,3,7,10-17H2,1-2H3,(H2,21,22,23);1H. The maximum absolute atomic E-state index is 12.4. The number of rotatable bonds is 9. The Kier molecular flexibility index (Phi) is 12.6. The van der Waals surface area contributed by atoms with E-state index in [-0.39, 0.29) is 29.9 Å². The summed E-state index contributed by atoms with van der Waals surface area (Å²) in [5.41, 5.74) is 1.23. The van der Waals surface area contributed by atoms with Crippen LogP contribution in [0, 0.1) is 0 Å². The number of halogens is 1. The molecule has 1 aromatic carbocycles. The summed E-state index contributed by atoms with van der Waals surface area (Å²) in [5.74, 6) is 0.926. The molecule has 7 nitrogen and oxygen atoms in total. The van der Waals surface area contributed by atoms with Crippen molar-refractivity contribution in [1.29, 1.82) is 0 Å². The number of aliphatic imine (C=N–C) groups is 1. The van der Waals surface area contributed by atoms with Crippen LogP contribution in [0.4, 0.5) is 5.69 Å². The molecule has 2 rings (SSSR count). The first kappa shape index (κ1) is 24.5. The van der Waals surface area contributed by atoms with E-state index >= 15 is 0 Å². The monoisotopic (exact) mass is 503 g/mol. The molecular weight excluding hydrogens is 469 g/mol. The number of guanidine groups is 1. The van der Waals surface area contributed by atoms with Crippen molar-refractivity contribution in [3.05, 3.63) is 30.3 Å². The fourth-order valence-electron chi connectivity index (χ4n) is 3.04. The normalized spacial score (nSPS) is 14.4. The highest BCUT2D eigenvalue weighted by atomic mass is 127. The highest BCUT2D eigenvalue weighted by Gasteiger charge is 2.20. The molecular formula is C20H34IN5O2. The molecule has 0 unspecified atom stereocenters. The van der Waals surface area contributed by atoms with Gasteiger partial charge in [0.1, 0.15) is 0 Å². The van der Waals surface area contributed by atoms with E-state index in [1.54, 1.807) is 7.05 Å². The molecule has 0 radical (unpaired) electrons. The number of hydrogen-bond acceptors (Lipinski definition) is 4. The van der Waals surface area contributed by atoms with Gasteiger partial charge in [-0.1, -0.05) is 18.2 Å². The van der Waals surface area contributed by atoms with Crippen molar-refractivity contribution < 1.29 is 9.53 Å². The molecule has 1 saturated heterocycles. The third-order valence-corrected chi connectivity index (χ3v) is 4.57. The minimum absolute atomic E-state index is 0. The van der Waals surface area contributed by atoms with Gasteiger partial charge in [-0.25, -0.2) is 0 Å². The van der Waals surface area contributed by atoms with Crippen molar-refractivity contribution in [3.8, 4) is 0 Å². The van der Waals surface area contributed by atoms with Gasteiger partial charge in [-0.2, -0.15) is 0 Å². The van der Waals surface area contributed by atoms with Gasteiger partial charge in [-0.3, -0.25) is 9.79 Å². The summed E-state index contributed by atoms with van der Waals surface area (Å²) in [6.07, 6.45) is 1.41. The van der Waals surface area contributed by atoms with Gasteiger partial charge in [0.25, 0.3) is 0 Å². The lowest BCUT2D eigenvalue weighted by Crippen LogP contribution is -2.49. The lowest BCUT2D eigenvalue weighted by atomic mass is 10.2. The fourth-order valence-corrected chi connectivity index (χ4v) is 3.04. The molecule has 1 fully saturated rings. The number of nitrogens with one attached hydrogen (secondary N) is 2. The Balaban J connectivity index is 0.00000392. The molecule has 0 aromatic heterocycles. The van der Waals surface area contributed by atoms with Crippen LogP contribution in [0.5, 0.6) is 0 Å². The van der Waals surface area contributed by atoms with E-state index in [2.05, 4.69) is 44.8 Å². The predicted molar refractivity (Wildman–Crippen MR) is 126 cm³/mol. The number of piperazine rings is 1. The Labute approximate surface area is 185 Å². The number of carbonyl (C=O) groups excluding carboxylic acids is 1. The smallest absolute Gasteiger partial charge is 0.224 e. The second-order valence-corrected chi connectivity index (χ2v) is 6.43. The second kappa shape index (κ2) is 14.4. The molecule has 1 aliphatic rings. The van der Waals surface area contributed by atoms with Crippen LogP contribution in [-0.2, 0) is 9.53 Å². The summed E-state index contributed by atoms with van der Waals surface area (Å²) in [6.45, 7) is 8.18. The summed E-state index contributed by atoms with van der Waals surface area (Å²) >= 11 is 0. The summed E-state index contributed by atoms with van der Waals surface area (Å²) in [7, 11) is 1.74. The van der Waals surface area contributed by atoms with E-state index in [9.17, 15) is 4.79 Å². The average molecular weight is 503 g/mol. The quantitative estimate of drug-likeness (QED) is 0.233. The molecule has 0 bridgehead atoms. The minimum Gasteiger partial charge on any atom is -0.382 e. The molecule has 1 amide bonds. The Hall–Kier alpha value is -1.55. The molecule has 0 spiro atoms. The minimum atomic E-state index is 0. The first-order chi connectivity index (χ1) is 13.2. The van der Waals surface area contributed by atoms with Crippen LogP contribution in [0.1, 0.15) is 19.8 Å². The molecule has 0 aliphatic carbocycles. The summed E-state index contributed by atoms with van der Waals surface area (Å²) < 4.78 is 5.31. The van der Waals surface area contributed by atoms with E-state index in [0.717, 1.165) is 58.3 Å². The van der Waals surface area contributed by atoms with E-state index in [1.807, 2.05) is 17.9 Å². The predicted octanol–water partition coefficient (Wildman–Crippen LogP) is 1.93. The second-order valence-electron chi connectivity index (χ2n) is 6.43. The fraction of sp³-hybridized carbons (Fsp3) is 0.600. The molecule has 0 saturated carbocycles. The SMILES string of the molecule is CCOCCCNC(=NC)NCCC(=O)N1CCN(c2ccccc2)CC1.I. The number of para-hydroxylation sites is 1. The van der Waals surface area contributed by atoms with Gasteiger partial charge in [0, 0.05) is 71.6 Å². The largest absolute Gasteiger partial charge is 0.382 e. The highest BCUT2D eigenvalue weighted by molar-refractivity contribution is 14.0. The van der Waals surface area contributed by atoms with Crippen LogP contribution in [0.25, 0.3) is 0 Å². The molecule has 1 aliphatic heterocycles. The lowest BCUT2D eigenvalue weighted by molar-refractivity contribution is -0.131. The Morgan fingerprint density at radius 2 is 1.79 bits per heavy atom. The van der Waals surface area contributed by atoms with Crippen molar-refractivity contribution in [2.75, 3.05) is 64.4 Å². The van der Waals surface area contributed by atoms with Gasteiger partial charge < -0.3 is 25.2 Å². The van der Waals surface area contributed by atoms with Crippen molar-refractivity contribution in [2.45, 2.75) is 19.8 Å². The maximum Gasteiger partial charge on any atom is 0.224 e. The number of benzene rings is 1. The van der Waals surface area contributed by atoms with Crippen LogP contribution >= 0.6 is 24.0 Å². The molecule has 2 N–H and O–H groups in total. The Bertz CT molecular complexity index is 577. The highest BCUT2D eigenvalue weighted by Crippen LogP contribution is 2.15. The van der Waals surface area contributed by atoms with Crippen molar-refractivity contribution in [3.63, 3.8) is 0 Å². The number of carbonyl (C=O) groups is 1. The Morgan fingerprint density at radius 3 is 2.43 bits per heavy atom. The van der Waals surface area contributed by atoms with Gasteiger partial charge >= 0.3 is 0 Å². The summed E-state index contributed by atoms with van der Waals surface area (Å²) in [6, 6.07) is 10.4. The number of amides is 1. The maximum atomic E-state index is 12.4. The molecule has 8 heteroatoms. The average Bonchev–Trinajstić information content (AvgIpc) is 2.73. The van der Waals surface area contributed by atoms with E-state index in [4.69, 9.17) is 4.74 Å². The molecule has 0 atom stereocenters. The zero-order valence-electron chi connectivity index (χ0n) is 17.0. The van der Waals surface area contributed by atoms with Gasteiger partial charge in [0.2, 0.25) is 5.91 Å². The first-order valence-corrected chi connectivity index (χ1v) is 9.84. The Morgan fingerprint density at radius 1 is 1.11 bits per heavy atom. The number of hydrogen-bond donors (Lipinski definition) is 2. The van der Waals surface area contributed by atoms with Crippen molar-refractivity contribution in [1.82, 2.24) is 15.5 Å². The van der Waals surface area contributed by atoms with Gasteiger partial charge in [0.05, 0.1) is 0 Å². The lowest BCUT2D eigenvalue weighted by Gasteiger charge is -2.36. The zero-order valence-corrected chi connectivity index (χ0v) is 19.4. The summed E-state index contributed by atoms with van der Waals surface area (Å²) in [5, 5.41) is 6.44. The molecule has 158 valence electrons. The first-order valence-electron chi connectivity index (χ1n) is 9.84. The van der Waals surface area contributed by atoms with Crippen molar-refractivity contribution in [2.24, 2.45) is 4.99 Å². The van der Waals surface area contributed by atoms with Gasteiger partial charge in [-0.05, 0) is 25.5 Å².